The number of thiophene rings is 1. The predicted molar refractivity (Wildman–Crippen MR) is 75.2 cm³/mol. The van der Waals surface area contributed by atoms with Gasteiger partial charge in [0.2, 0.25) is 0 Å². The first kappa shape index (κ1) is 16.2. The molecule has 0 spiro atoms. The van der Waals surface area contributed by atoms with Crippen molar-refractivity contribution in [2.45, 2.75) is 10.8 Å². The molecule has 22 heavy (non-hydrogen) atoms. The zero-order chi connectivity index (χ0) is 16.3. The van der Waals surface area contributed by atoms with Crippen LogP contribution in [-0.4, -0.2) is 26.1 Å². The fraction of sp³-hybridized carbons (Fsp3) is 0.0833. The Morgan fingerprint density at radius 1 is 1.27 bits per heavy atom. The lowest BCUT2D eigenvalue weighted by molar-refractivity contribution is -0.0498. The van der Waals surface area contributed by atoms with Gasteiger partial charge in [0.1, 0.15) is 9.96 Å². The third kappa shape index (κ3) is 3.92. The van der Waals surface area contributed by atoms with Crippen molar-refractivity contribution in [2.75, 3.05) is 4.72 Å². The number of carboxylic acid groups (broad SMARTS) is 1. The predicted octanol–water partition coefficient (Wildman–Crippen LogP) is 2.85. The number of rotatable bonds is 6. The van der Waals surface area contributed by atoms with Crippen LogP contribution in [0.3, 0.4) is 0 Å². The fourth-order valence-electron chi connectivity index (χ4n) is 1.48. The fourth-order valence-corrected chi connectivity index (χ4v) is 3.69. The highest BCUT2D eigenvalue weighted by Crippen LogP contribution is 2.24. The topological polar surface area (TPSA) is 92.7 Å². The van der Waals surface area contributed by atoms with E-state index in [2.05, 4.69) is 9.46 Å². The Morgan fingerprint density at radius 3 is 2.41 bits per heavy atom. The molecule has 2 N–H and O–H groups in total. The van der Waals surface area contributed by atoms with Crippen molar-refractivity contribution in [3.63, 3.8) is 0 Å². The number of alkyl halides is 2. The molecule has 0 radical (unpaired) electrons. The van der Waals surface area contributed by atoms with Crippen LogP contribution in [0.2, 0.25) is 0 Å². The summed E-state index contributed by atoms with van der Waals surface area (Å²) in [4.78, 5) is 10.7. The average molecular weight is 349 g/mol. The van der Waals surface area contributed by atoms with Gasteiger partial charge in [0, 0.05) is 11.1 Å². The molecule has 0 atom stereocenters. The van der Waals surface area contributed by atoms with Crippen LogP contribution in [-0.2, 0) is 10.0 Å². The number of carboxylic acids is 1. The Labute approximate surface area is 128 Å². The van der Waals surface area contributed by atoms with E-state index in [1.54, 1.807) is 0 Å². The molecular formula is C12H9F2NO5S2. The van der Waals surface area contributed by atoms with Crippen LogP contribution in [0.1, 0.15) is 10.4 Å². The first-order valence-corrected chi connectivity index (χ1v) is 8.04. The highest BCUT2D eigenvalue weighted by atomic mass is 32.2. The minimum absolute atomic E-state index is 0.109. The molecule has 1 heterocycles. The van der Waals surface area contributed by atoms with Gasteiger partial charge >= 0.3 is 12.6 Å². The van der Waals surface area contributed by atoms with Crippen molar-refractivity contribution in [2.24, 2.45) is 0 Å². The highest BCUT2D eigenvalue weighted by molar-refractivity contribution is 7.94. The third-order valence-corrected chi connectivity index (χ3v) is 5.24. The summed E-state index contributed by atoms with van der Waals surface area (Å²) >= 11 is 0.760. The highest BCUT2D eigenvalue weighted by Gasteiger charge is 2.19. The molecule has 0 saturated heterocycles. The molecular weight excluding hydrogens is 340 g/mol. The van der Waals surface area contributed by atoms with Gasteiger partial charge in [-0.15, -0.1) is 11.3 Å². The Hall–Kier alpha value is -2.20. The maximum atomic E-state index is 12.1. The van der Waals surface area contributed by atoms with Crippen molar-refractivity contribution >= 4 is 33.0 Å². The average Bonchev–Trinajstić information content (AvgIpc) is 2.91. The molecule has 0 aliphatic carbocycles. The van der Waals surface area contributed by atoms with Crippen molar-refractivity contribution in [3.05, 3.63) is 41.3 Å². The second kappa shape index (κ2) is 6.28. The molecule has 0 aliphatic heterocycles. The van der Waals surface area contributed by atoms with Crippen LogP contribution in [0.15, 0.2) is 39.9 Å². The number of benzene rings is 1. The van der Waals surface area contributed by atoms with E-state index < -0.39 is 22.6 Å². The van der Waals surface area contributed by atoms with E-state index in [0.29, 0.717) is 0 Å². The van der Waals surface area contributed by atoms with E-state index in [0.717, 1.165) is 17.4 Å². The molecule has 0 saturated carbocycles. The molecule has 2 rings (SSSR count). The zero-order valence-corrected chi connectivity index (χ0v) is 12.3. The van der Waals surface area contributed by atoms with E-state index in [9.17, 15) is 22.0 Å². The molecule has 118 valence electrons. The monoisotopic (exact) mass is 349 g/mol. The summed E-state index contributed by atoms with van der Waals surface area (Å²) in [7, 11) is -3.95. The number of aromatic carboxylic acids is 1. The molecule has 6 nitrogen and oxygen atoms in total. The quantitative estimate of drug-likeness (QED) is 0.836. The summed E-state index contributed by atoms with van der Waals surface area (Å²) in [5.74, 6) is -1.34. The molecule has 0 bridgehead atoms. The van der Waals surface area contributed by atoms with Gasteiger partial charge in [0.05, 0.1) is 5.56 Å². The number of sulfonamides is 1. The third-order valence-electron chi connectivity index (χ3n) is 2.42. The Bertz CT molecular complexity index is 771. The van der Waals surface area contributed by atoms with Crippen LogP contribution in [0.25, 0.3) is 0 Å². The summed E-state index contributed by atoms with van der Waals surface area (Å²) in [5, 5.41) is 9.98. The largest absolute Gasteiger partial charge is 0.478 e. The number of nitrogens with one attached hydrogen (secondary N) is 1. The van der Waals surface area contributed by atoms with Crippen LogP contribution >= 0.6 is 11.3 Å². The van der Waals surface area contributed by atoms with E-state index in [1.165, 1.54) is 29.6 Å². The second-order valence-corrected chi connectivity index (χ2v) is 6.79. The summed E-state index contributed by atoms with van der Waals surface area (Å²) in [6.07, 6.45) is 0. The molecule has 10 heteroatoms. The van der Waals surface area contributed by atoms with Gasteiger partial charge in [-0.2, -0.15) is 8.78 Å². The van der Waals surface area contributed by atoms with Gasteiger partial charge in [-0.05, 0) is 30.3 Å². The summed E-state index contributed by atoms with van der Waals surface area (Å²) in [6.45, 7) is -2.97. The molecule has 0 amide bonds. The number of carbonyl (C=O) groups is 1. The van der Waals surface area contributed by atoms with Crippen molar-refractivity contribution < 1.29 is 31.8 Å². The summed E-state index contributed by atoms with van der Waals surface area (Å²) in [6, 6.07) is 5.90. The second-order valence-electron chi connectivity index (χ2n) is 3.97. The zero-order valence-electron chi connectivity index (χ0n) is 10.7. The Kier molecular flexibility index (Phi) is 4.62. The first-order valence-electron chi connectivity index (χ1n) is 5.67. The molecule has 0 fully saturated rings. The van der Waals surface area contributed by atoms with Crippen LogP contribution in [0.4, 0.5) is 14.5 Å². The van der Waals surface area contributed by atoms with Crippen molar-refractivity contribution in [3.8, 4) is 5.75 Å². The summed E-state index contributed by atoms with van der Waals surface area (Å²) < 4.78 is 54.3. The van der Waals surface area contributed by atoms with Gasteiger partial charge in [-0.1, -0.05) is 0 Å². The maximum absolute atomic E-state index is 12.1. The van der Waals surface area contributed by atoms with Gasteiger partial charge < -0.3 is 9.84 Å². The number of ether oxygens (including phenoxy) is 1. The minimum atomic E-state index is -3.95. The number of anilines is 1. The molecule has 0 aliphatic rings. The Balaban J connectivity index is 2.15. The van der Waals surface area contributed by atoms with E-state index >= 15 is 0 Å². The number of hydrogen-bond donors (Lipinski definition) is 2. The molecule has 0 unspecified atom stereocenters. The minimum Gasteiger partial charge on any atom is -0.478 e. The Morgan fingerprint density at radius 2 is 1.91 bits per heavy atom. The number of halogens is 2. The SMILES string of the molecule is O=C(O)c1csc(S(=O)(=O)Nc2ccc(OC(F)F)cc2)c1. The van der Waals surface area contributed by atoms with E-state index in [1.807, 2.05) is 0 Å². The van der Waals surface area contributed by atoms with Gasteiger partial charge in [0.15, 0.2) is 0 Å². The van der Waals surface area contributed by atoms with Crippen LogP contribution in [0.5, 0.6) is 5.75 Å². The van der Waals surface area contributed by atoms with Gasteiger partial charge in [-0.3, -0.25) is 4.72 Å². The van der Waals surface area contributed by atoms with Gasteiger partial charge in [0.25, 0.3) is 10.0 Å². The summed E-state index contributed by atoms with van der Waals surface area (Å²) in [5.41, 5.74) is -0.00190. The van der Waals surface area contributed by atoms with E-state index in [4.69, 9.17) is 5.11 Å². The van der Waals surface area contributed by atoms with Crippen LogP contribution in [0, 0.1) is 0 Å². The first-order chi connectivity index (χ1) is 10.3. The molecule has 1 aromatic heterocycles. The van der Waals surface area contributed by atoms with Crippen molar-refractivity contribution in [1.29, 1.82) is 0 Å². The normalized spacial score (nSPS) is 11.4. The standard InChI is InChI=1S/C12H9F2NO5S2/c13-12(14)20-9-3-1-8(2-4-9)15-22(18,19)10-5-7(6-21-10)11(16)17/h1-6,12,15H,(H,16,17). The number of hydrogen-bond acceptors (Lipinski definition) is 5. The lowest BCUT2D eigenvalue weighted by atomic mass is 10.3. The van der Waals surface area contributed by atoms with Crippen molar-refractivity contribution in [1.82, 2.24) is 0 Å². The lowest BCUT2D eigenvalue weighted by Crippen LogP contribution is -2.11. The smallest absolute Gasteiger partial charge is 0.387 e. The van der Waals surface area contributed by atoms with E-state index in [-0.39, 0.29) is 21.2 Å². The molecule has 1 aromatic carbocycles. The van der Waals surface area contributed by atoms with Crippen LogP contribution < -0.4 is 9.46 Å². The molecule has 2 aromatic rings. The lowest BCUT2D eigenvalue weighted by Gasteiger charge is -2.08. The van der Waals surface area contributed by atoms with Gasteiger partial charge in [-0.25, -0.2) is 13.2 Å². The maximum Gasteiger partial charge on any atom is 0.387 e.